The third-order valence-corrected chi connectivity index (χ3v) is 8.17. The van der Waals surface area contributed by atoms with E-state index in [0.717, 1.165) is 57.4 Å². The van der Waals surface area contributed by atoms with Crippen LogP contribution in [0.25, 0.3) is 0 Å². The minimum Gasteiger partial charge on any atom is -0.352 e. The normalized spacial score (nSPS) is 15.2. The average molecular weight is 579 g/mol. The van der Waals surface area contributed by atoms with Gasteiger partial charge in [0.15, 0.2) is 0 Å². The van der Waals surface area contributed by atoms with Crippen molar-refractivity contribution < 1.29 is 18.0 Å². The van der Waals surface area contributed by atoms with Crippen LogP contribution in [0.1, 0.15) is 55.7 Å². The van der Waals surface area contributed by atoms with Crippen LogP contribution >= 0.6 is 15.9 Å². The topological polar surface area (TPSA) is 86.8 Å². The van der Waals surface area contributed by atoms with Gasteiger partial charge in [-0.1, -0.05) is 53.4 Å². The fourth-order valence-corrected chi connectivity index (χ4v) is 5.97. The predicted octanol–water partition coefficient (Wildman–Crippen LogP) is 4.70. The standard InChI is InChI=1S/C27H36BrN3O4S/c1-19-13-20(2)15-25(14-19)31(36(4,34)35)18-26(32)30(17-22-9-8-10-23(28)16-22)21(3)27(33)29-24-11-6-5-7-12-24/h8-10,13-16,21,24H,5-7,11-12,17-18H2,1-4H3,(H,29,33). The molecule has 0 spiro atoms. The van der Waals surface area contributed by atoms with Gasteiger partial charge in [-0.2, -0.15) is 0 Å². The maximum absolute atomic E-state index is 13.7. The first-order chi connectivity index (χ1) is 16.9. The predicted molar refractivity (Wildman–Crippen MR) is 147 cm³/mol. The Labute approximate surface area is 223 Å². The molecule has 1 unspecified atom stereocenters. The monoisotopic (exact) mass is 577 g/mol. The molecule has 1 aliphatic carbocycles. The zero-order valence-corrected chi connectivity index (χ0v) is 23.9. The Kier molecular flexibility index (Phi) is 9.58. The molecule has 0 heterocycles. The maximum Gasteiger partial charge on any atom is 0.244 e. The number of anilines is 1. The molecule has 0 aromatic heterocycles. The van der Waals surface area contributed by atoms with Gasteiger partial charge in [0.1, 0.15) is 12.6 Å². The van der Waals surface area contributed by atoms with Crippen LogP contribution in [0.3, 0.4) is 0 Å². The summed E-state index contributed by atoms with van der Waals surface area (Å²) in [4.78, 5) is 28.4. The lowest BCUT2D eigenvalue weighted by molar-refractivity contribution is -0.139. The van der Waals surface area contributed by atoms with E-state index in [0.29, 0.717) is 5.69 Å². The van der Waals surface area contributed by atoms with E-state index in [1.807, 2.05) is 44.2 Å². The Bertz CT molecular complexity index is 1180. The van der Waals surface area contributed by atoms with Gasteiger partial charge in [0.2, 0.25) is 21.8 Å². The molecule has 3 rings (SSSR count). The summed E-state index contributed by atoms with van der Waals surface area (Å²) >= 11 is 3.46. The summed E-state index contributed by atoms with van der Waals surface area (Å²) in [5, 5.41) is 3.11. The number of nitrogens with zero attached hydrogens (tertiary/aromatic N) is 2. The van der Waals surface area contributed by atoms with Crippen molar-refractivity contribution in [3.63, 3.8) is 0 Å². The molecule has 1 aliphatic rings. The molecule has 2 aromatic carbocycles. The van der Waals surface area contributed by atoms with E-state index >= 15 is 0 Å². The molecular formula is C27H36BrN3O4S. The molecule has 0 saturated heterocycles. The summed E-state index contributed by atoms with van der Waals surface area (Å²) in [6.45, 7) is 5.26. The third kappa shape index (κ3) is 7.80. The second-order valence-electron chi connectivity index (χ2n) is 9.79. The molecule has 0 bridgehead atoms. The molecule has 36 heavy (non-hydrogen) atoms. The van der Waals surface area contributed by atoms with Crippen LogP contribution in [0.5, 0.6) is 0 Å². The number of rotatable bonds is 9. The van der Waals surface area contributed by atoms with Crippen LogP contribution in [0, 0.1) is 13.8 Å². The van der Waals surface area contributed by atoms with Gasteiger partial charge in [-0.05, 0) is 74.6 Å². The van der Waals surface area contributed by atoms with Crippen LogP contribution in [0.15, 0.2) is 46.9 Å². The second kappa shape index (κ2) is 12.2. The zero-order valence-electron chi connectivity index (χ0n) is 21.5. The van der Waals surface area contributed by atoms with Crippen LogP contribution in [0.4, 0.5) is 5.69 Å². The SMILES string of the molecule is Cc1cc(C)cc(N(CC(=O)N(Cc2cccc(Br)c2)C(C)C(=O)NC2CCCCC2)S(C)(=O)=O)c1. The van der Waals surface area contributed by atoms with Crippen LogP contribution < -0.4 is 9.62 Å². The van der Waals surface area contributed by atoms with Crippen molar-refractivity contribution in [3.8, 4) is 0 Å². The number of carbonyl (C=O) groups excluding carboxylic acids is 2. The van der Waals surface area contributed by atoms with Gasteiger partial charge in [-0.25, -0.2) is 8.42 Å². The number of benzene rings is 2. The zero-order chi connectivity index (χ0) is 26.5. The fraction of sp³-hybridized carbons (Fsp3) is 0.481. The smallest absolute Gasteiger partial charge is 0.244 e. The van der Waals surface area contributed by atoms with Crippen LogP contribution in [-0.2, 0) is 26.2 Å². The van der Waals surface area contributed by atoms with Crippen molar-refractivity contribution in [2.45, 2.75) is 71.5 Å². The molecule has 2 amide bonds. The van der Waals surface area contributed by atoms with Crippen molar-refractivity contribution in [1.82, 2.24) is 10.2 Å². The summed E-state index contributed by atoms with van der Waals surface area (Å²) in [7, 11) is -3.75. The highest BCUT2D eigenvalue weighted by molar-refractivity contribution is 9.10. The van der Waals surface area contributed by atoms with Crippen LogP contribution in [0.2, 0.25) is 0 Å². The van der Waals surface area contributed by atoms with E-state index in [1.165, 1.54) is 11.3 Å². The summed E-state index contributed by atoms with van der Waals surface area (Å²) in [6, 6.07) is 12.3. The number of sulfonamides is 1. The first kappa shape index (κ1) is 28.2. The van der Waals surface area contributed by atoms with Crippen LogP contribution in [-0.4, -0.2) is 50.0 Å². The molecule has 2 aromatic rings. The van der Waals surface area contributed by atoms with Gasteiger partial charge < -0.3 is 10.2 Å². The Balaban J connectivity index is 1.89. The van der Waals surface area contributed by atoms with Gasteiger partial charge in [-0.3, -0.25) is 13.9 Å². The summed E-state index contributed by atoms with van der Waals surface area (Å²) < 4.78 is 27.5. The van der Waals surface area contributed by atoms with E-state index in [2.05, 4.69) is 21.2 Å². The second-order valence-corrected chi connectivity index (χ2v) is 12.6. The third-order valence-electron chi connectivity index (χ3n) is 6.53. The summed E-state index contributed by atoms with van der Waals surface area (Å²) in [5.74, 6) is -0.659. The highest BCUT2D eigenvalue weighted by atomic mass is 79.9. The number of carbonyl (C=O) groups is 2. The largest absolute Gasteiger partial charge is 0.352 e. The summed E-state index contributed by atoms with van der Waals surface area (Å²) in [5.41, 5.74) is 3.08. The minimum absolute atomic E-state index is 0.110. The van der Waals surface area contributed by atoms with Gasteiger partial charge in [-0.15, -0.1) is 0 Å². The van der Waals surface area contributed by atoms with Gasteiger partial charge in [0.05, 0.1) is 11.9 Å². The Hall–Kier alpha value is -2.39. The van der Waals surface area contributed by atoms with E-state index < -0.39 is 28.5 Å². The molecule has 1 fully saturated rings. The number of nitrogens with one attached hydrogen (secondary N) is 1. The molecular weight excluding hydrogens is 542 g/mol. The molecule has 1 saturated carbocycles. The van der Waals surface area contributed by atoms with E-state index in [-0.39, 0.29) is 18.5 Å². The van der Waals surface area contributed by atoms with Crippen molar-refractivity contribution in [1.29, 1.82) is 0 Å². The average Bonchev–Trinajstić information content (AvgIpc) is 2.79. The van der Waals surface area contributed by atoms with E-state index in [4.69, 9.17) is 0 Å². The number of hydrogen-bond acceptors (Lipinski definition) is 4. The van der Waals surface area contributed by atoms with E-state index in [9.17, 15) is 18.0 Å². The lowest BCUT2D eigenvalue weighted by Crippen LogP contribution is -2.53. The molecule has 0 radical (unpaired) electrons. The summed E-state index contributed by atoms with van der Waals surface area (Å²) in [6.07, 6.45) is 6.31. The Morgan fingerprint density at radius 3 is 2.28 bits per heavy atom. The van der Waals surface area contributed by atoms with Crippen molar-refractivity contribution >= 4 is 43.5 Å². The maximum atomic E-state index is 13.7. The lowest BCUT2D eigenvalue weighted by atomic mass is 9.95. The minimum atomic E-state index is -3.75. The fourth-order valence-electron chi connectivity index (χ4n) is 4.69. The molecule has 1 atom stereocenters. The number of halogens is 1. The number of hydrogen-bond donors (Lipinski definition) is 1. The molecule has 196 valence electrons. The van der Waals surface area contributed by atoms with Gasteiger partial charge in [0, 0.05) is 17.1 Å². The van der Waals surface area contributed by atoms with Crippen molar-refractivity contribution in [2.24, 2.45) is 0 Å². The Morgan fingerprint density at radius 2 is 1.69 bits per heavy atom. The molecule has 9 heteroatoms. The highest BCUT2D eigenvalue weighted by Crippen LogP contribution is 2.23. The van der Waals surface area contributed by atoms with Gasteiger partial charge >= 0.3 is 0 Å². The number of amides is 2. The quantitative estimate of drug-likeness (QED) is 0.468. The molecule has 7 nitrogen and oxygen atoms in total. The van der Waals surface area contributed by atoms with E-state index in [1.54, 1.807) is 19.1 Å². The highest BCUT2D eigenvalue weighted by Gasteiger charge is 2.31. The molecule has 0 aliphatic heterocycles. The first-order valence-electron chi connectivity index (χ1n) is 12.3. The first-order valence-corrected chi connectivity index (χ1v) is 15.0. The Morgan fingerprint density at radius 1 is 1.06 bits per heavy atom. The lowest BCUT2D eigenvalue weighted by Gasteiger charge is -2.33. The number of aryl methyl sites for hydroxylation is 2. The molecule has 1 N–H and O–H groups in total. The van der Waals surface area contributed by atoms with Gasteiger partial charge in [0.25, 0.3) is 0 Å². The van der Waals surface area contributed by atoms with Crippen molar-refractivity contribution in [2.75, 3.05) is 17.1 Å². The van der Waals surface area contributed by atoms with Crippen molar-refractivity contribution in [3.05, 3.63) is 63.6 Å².